The van der Waals surface area contributed by atoms with Gasteiger partial charge in [0.2, 0.25) is 5.13 Å². The van der Waals surface area contributed by atoms with Crippen molar-refractivity contribution in [2.45, 2.75) is 19.9 Å². The molecule has 2 heterocycles. The molecule has 0 saturated heterocycles. The molecule has 0 spiro atoms. The molecule has 0 atom stereocenters. The van der Waals surface area contributed by atoms with Crippen molar-refractivity contribution in [3.63, 3.8) is 0 Å². The van der Waals surface area contributed by atoms with Crippen molar-refractivity contribution in [1.82, 2.24) is 18.9 Å². The number of anilines is 1. The standard InChI is InChI=1S/C10H13N5OS/c1-2-8-13-10(17-14-8)12-5-6-15-7-11-4-3-9(15)16/h3-4,7H,2,5-6H2,1H3,(H,12,13,14). The highest BCUT2D eigenvalue weighted by molar-refractivity contribution is 7.09. The van der Waals surface area contributed by atoms with Crippen LogP contribution < -0.4 is 10.9 Å². The molecule has 90 valence electrons. The summed E-state index contributed by atoms with van der Waals surface area (Å²) in [5, 5.41) is 3.92. The third kappa shape index (κ3) is 3.10. The van der Waals surface area contributed by atoms with Crippen LogP contribution in [0.1, 0.15) is 12.7 Å². The summed E-state index contributed by atoms with van der Waals surface area (Å²) in [6.45, 7) is 3.21. The van der Waals surface area contributed by atoms with Crippen LogP contribution in [0.15, 0.2) is 23.4 Å². The van der Waals surface area contributed by atoms with Gasteiger partial charge in [0, 0.05) is 43.3 Å². The van der Waals surface area contributed by atoms with E-state index in [1.807, 2.05) is 6.92 Å². The maximum Gasteiger partial charge on any atom is 0.253 e. The van der Waals surface area contributed by atoms with Gasteiger partial charge in [-0.25, -0.2) is 9.97 Å². The van der Waals surface area contributed by atoms with E-state index in [0.717, 1.165) is 17.4 Å². The van der Waals surface area contributed by atoms with Crippen LogP contribution in [0.5, 0.6) is 0 Å². The number of aromatic nitrogens is 4. The topological polar surface area (TPSA) is 72.7 Å². The van der Waals surface area contributed by atoms with Gasteiger partial charge in [0.15, 0.2) is 0 Å². The summed E-state index contributed by atoms with van der Waals surface area (Å²) >= 11 is 1.34. The van der Waals surface area contributed by atoms with Crippen molar-refractivity contribution in [3.05, 3.63) is 34.8 Å². The second-order valence-corrected chi connectivity index (χ2v) is 4.16. The molecule has 0 fully saturated rings. The molecule has 0 aliphatic carbocycles. The van der Waals surface area contributed by atoms with Gasteiger partial charge in [-0.3, -0.25) is 9.36 Å². The molecule has 2 aromatic heterocycles. The Morgan fingerprint density at radius 3 is 3.12 bits per heavy atom. The van der Waals surface area contributed by atoms with Crippen molar-refractivity contribution >= 4 is 16.7 Å². The molecule has 0 aliphatic rings. The predicted octanol–water partition coefficient (Wildman–Crippen LogP) is 0.769. The Kier molecular flexibility index (Phi) is 3.81. The molecule has 0 aliphatic heterocycles. The minimum atomic E-state index is -0.0479. The number of nitrogens with zero attached hydrogens (tertiary/aromatic N) is 4. The van der Waals surface area contributed by atoms with Gasteiger partial charge in [0.1, 0.15) is 5.82 Å². The molecule has 0 unspecified atom stereocenters. The number of hydrogen-bond acceptors (Lipinski definition) is 6. The van der Waals surface area contributed by atoms with Crippen LogP contribution in [0.4, 0.5) is 5.13 Å². The van der Waals surface area contributed by atoms with E-state index in [4.69, 9.17) is 0 Å². The zero-order chi connectivity index (χ0) is 12.1. The van der Waals surface area contributed by atoms with Gasteiger partial charge in [-0.15, -0.1) is 0 Å². The lowest BCUT2D eigenvalue weighted by Gasteiger charge is -2.04. The zero-order valence-electron chi connectivity index (χ0n) is 9.46. The molecule has 2 aromatic rings. The Labute approximate surface area is 103 Å². The fourth-order valence-electron chi connectivity index (χ4n) is 1.30. The maximum absolute atomic E-state index is 11.4. The van der Waals surface area contributed by atoms with Gasteiger partial charge in [0.05, 0.1) is 6.33 Å². The zero-order valence-corrected chi connectivity index (χ0v) is 10.3. The summed E-state index contributed by atoms with van der Waals surface area (Å²) in [4.78, 5) is 19.6. The number of rotatable bonds is 5. The first-order valence-electron chi connectivity index (χ1n) is 5.36. The number of hydrogen-bond donors (Lipinski definition) is 1. The maximum atomic E-state index is 11.4. The van der Waals surface area contributed by atoms with Crippen LogP contribution in [-0.2, 0) is 13.0 Å². The third-order valence-corrected chi connectivity index (χ3v) is 2.92. The minimum absolute atomic E-state index is 0.0479. The lowest BCUT2D eigenvalue weighted by atomic mass is 10.5. The average molecular weight is 251 g/mol. The molecule has 0 aromatic carbocycles. The molecule has 0 bridgehead atoms. The quantitative estimate of drug-likeness (QED) is 0.849. The fourth-order valence-corrected chi connectivity index (χ4v) is 1.97. The Morgan fingerprint density at radius 1 is 1.53 bits per heavy atom. The van der Waals surface area contributed by atoms with Gasteiger partial charge in [-0.2, -0.15) is 4.37 Å². The van der Waals surface area contributed by atoms with Crippen LogP contribution >= 0.6 is 11.5 Å². The van der Waals surface area contributed by atoms with Crippen molar-refractivity contribution in [3.8, 4) is 0 Å². The smallest absolute Gasteiger partial charge is 0.253 e. The minimum Gasteiger partial charge on any atom is -0.358 e. The molecule has 7 heteroatoms. The van der Waals surface area contributed by atoms with Gasteiger partial charge >= 0.3 is 0 Å². The van der Waals surface area contributed by atoms with Crippen LogP contribution in [0.3, 0.4) is 0 Å². The Bertz CT molecular complexity index is 535. The largest absolute Gasteiger partial charge is 0.358 e. The first-order chi connectivity index (χ1) is 8.29. The van der Waals surface area contributed by atoms with Crippen molar-refractivity contribution in [2.75, 3.05) is 11.9 Å². The molecule has 0 amide bonds. The number of aryl methyl sites for hydroxylation is 1. The van der Waals surface area contributed by atoms with E-state index < -0.39 is 0 Å². The highest BCUT2D eigenvalue weighted by Crippen LogP contribution is 2.10. The molecule has 6 nitrogen and oxygen atoms in total. The van der Waals surface area contributed by atoms with E-state index in [1.165, 1.54) is 30.1 Å². The highest BCUT2D eigenvalue weighted by atomic mass is 32.1. The Balaban J connectivity index is 1.87. The molecular weight excluding hydrogens is 238 g/mol. The molecule has 17 heavy (non-hydrogen) atoms. The SMILES string of the molecule is CCc1nsc(NCCn2cnccc2=O)n1. The third-order valence-electron chi connectivity index (χ3n) is 2.21. The van der Waals surface area contributed by atoms with Crippen LogP contribution in [0, 0.1) is 0 Å². The van der Waals surface area contributed by atoms with Gasteiger partial charge in [-0.05, 0) is 0 Å². The normalized spacial score (nSPS) is 10.4. The van der Waals surface area contributed by atoms with Gasteiger partial charge < -0.3 is 5.32 Å². The predicted molar refractivity (Wildman–Crippen MR) is 66.3 cm³/mol. The van der Waals surface area contributed by atoms with Gasteiger partial charge in [-0.1, -0.05) is 6.92 Å². The summed E-state index contributed by atoms with van der Waals surface area (Å²) in [7, 11) is 0. The molecule has 1 N–H and O–H groups in total. The summed E-state index contributed by atoms with van der Waals surface area (Å²) in [5.41, 5.74) is -0.0479. The first-order valence-corrected chi connectivity index (χ1v) is 6.14. The molecular formula is C10H13N5OS. The highest BCUT2D eigenvalue weighted by Gasteiger charge is 2.01. The van der Waals surface area contributed by atoms with Crippen molar-refractivity contribution < 1.29 is 0 Å². The fraction of sp³-hybridized carbons (Fsp3) is 0.400. The summed E-state index contributed by atoms with van der Waals surface area (Å²) in [6, 6.07) is 1.44. The Morgan fingerprint density at radius 2 is 2.41 bits per heavy atom. The van der Waals surface area contributed by atoms with E-state index in [1.54, 1.807) is 4.57 Å². The molecule has 0 saturated carbocycles. The first kappa shape index (κ1) is 11.7. The van der Waals surface area contributed by atoms with E-state index in [9.17, 15) is 4.79 Å². The second-order valence-electron chi connectivity index (χ2n) is 3.41. The van der Waals surface area contributed by atoms with Crippen molar-refractivity contribution in [1.29, 1.82) is 0 Å². The van der Waals surface area contributed by atoms with Crippen molar-refractivity contribution in [2.24, 2.45) is 0 Å². The van der Waals surface area contributed by atoms with Crippen LogP contribution in [0.2, 0.25) is 0 Å². The van der Waals surface area contributed by atoms with Gasteiger partial charge in [0.25, 0.3) is 5.56 Å². The summed E-state index contributed by atoms with van der Waals surface area (Å²) < 4.78 is 5.72. The average Bonchev–Trinajstić information content (AvgIpc) is 2.80. The lowest BCUT2D eigenvalue weighted by molar-refractivity contribution is 0.680. The monoisotopic (exact) mass is 251 g/mol. The summed E-state index contributed by atoms with van der Waals surface area (Å²) in [6.07, 6.45) is 3.85. The van der Waals surface area contributed by atoms with Crippen LogP contribution in [0.25, 0.3) is 0 Å². The molecule has 0 radical (unpaired) electrons. The van der Waals surface area contributed by atoms with E-state index in [0.29, 0.717) is 13.1 Å². The van der Waals surface area contributed by atoms with Crippen LogP contribution in [-0.4, -0.2) is 25.5 Å². The second kappa shape index (κ2) is 5.53. The molecule has 2 rings (SSSR count). The van der Waals surface area contributed by atoms with E-state index in [-0.39, 0.29) is 5.56 Å². The van der Waals surface area contributed by atoms with E-state index in [2.05, 4.69) is 19.7 Å². The Hall–Kier alpha value is -1.76. The lowest BCUT2D eigenvalue weighted by Crippen LogP contribution is -2.22. The van der Waals surface area contributed by atoms with E-state index >= 15 is 0 Å². The summed E-state index contributed by atoms with van der Waals surface area (Å²) in [5.74, 6) is 0.844. The number of nitrogens with one attached hydrogen (secondary N) is 1.